The Bertz CT molecular complexity index is 370. The summed E-state index contributed by atoms with van der Waals surface area (Å²) < 4.78 is 11.4. The zero-order valence-electron chi connectivity index (χ0n) is 10.6. The van der Waals surface area contributed by atoms with E-state index >= 15 is 0 Å². The van der Waals surface area contributed by atoms with E-state index in [0.717, 1.165) is 30.8 Å². The molecule has 3 heteroatoms. The van der Waals surface area contributed by atoms with Crippen LogP contribution in [0, 0.1) is 6.92 Å². The van der Waals surface area contributed by atoms with Gasteiger partial charge < -0.3 is 15.2 Å². The van der Waals surface area contributed by atoms with Crippen molar-refractivity contribution >= 4 is 0 Å². The standard InChI is InChI=1S/C14H21NO2/c1-10-5-6-13(11(2)15)14(8-10)17-9-12-4-3-7-16-12/h5-6,8,11-12H,3-4,7,9,15H2,1-2H3. The minimum Gasteiger partial charge on any atom is -0.491 e. The summed E-state index contributed by atoms with van der Waals surface area (Å²) in [5.41, 5.74) is 8.19. The smallest absolute Gasteiger partial charge is 0.124 e. The first-order chi connectivity index (χ1) is 8.16. The molecule has 0 amide bonds. The molecular formula is C14H21NO2. The highest BCUT2D eigenvalue weighted by atomic mass is 16.5. The van der Waals surface area contributed by atoms with Gasteiger partial charge in [0, 0.05) is 18.2 Å². The van der Waals surface area contributed by atoms with E-state index in [4.69, 9.17) is 15.2 Å². The maximum absolute atomic E-state index is 5.94. The van der Waals surface area contributed by atoms with Crippen molar-refractivity contribution in [2.45, 2.75) is 38.8 Å². The minimum absolute atomic E-state index is 0.00454. The summed E-state index contributed by atoms with van der Waals surface area (Å²) in [4.78, 5) is 0. The van der Waals surface area contributed by atoms with Gasteiger partial charge in [0.2, 0.25) is 0 Å². The van der Waals surface area contributed by atoms with Gasteiger partial charge >= 0.3 is 0 Å². The molecule has 17 heavy (non-hydrogen) atoms. The van der Waals surface area contributed by atoms with Gasteiger partial charge in [0.05, 0.1) is 6.10 Å². The van der Waals surface area contributed by atoms with E-state index in [9.17, 15) is 0 Å². The third kappa shape index (κ3) is 3.20. The molecule has 1 saturated heterocycles. The van der Waals surface area contributed by atoms with Crippen molar-refractivity contribution < 1.29 is 9.47 Å². The molecular weight excluding hydrogens is 214 g/mol. The summed E-state index contributed by atoms with van der Waals surface area (Å²) >= 11 is 0. The molecule has 0 aliphatic carbocycles. The number of benzene rings is 1. The van der Waals surface area contributed by atoms with Crippen LogP contribution in [-0.4, -0.2) is 19.3 Å². The predicted octanol–water partition coefficient (Wildman–Crippen LogP) is 2.57. The molecule has 0 aromatic heterocycles. The second-order valence-corrected chi connectivity index (χ2v) is 4.78. The number of hydrogen-bond acceptors (Lipinski definition) is 3. The predicted molar refractivity (Wildman–Crippen MR) is 68.3 cm³/mol. The van der Waals surface area contributed by atoms with E-state index in [-0.39, 0.29) is 12.1 Å². The molecule has 1 aromatic rings. The van der Waals surface area contributed by atoms with Crippen LogP contribution in [0.5, 0.6) is 5.75 Å². The van der Waals surface area contributed by atoms with Gasteiger partial charge in [-0.3, -0.25) is 0 Å². The molecule has 2 atom stereocenters. The second kappa shape index (κ2) is 5.52. The van der Waals surface area contributed by atoms with Crippen molar-refractivity contribution in [2.75, 3.05) is 13.2 Å². The minimum atomic E-state index is -0.00454. The quantitative estimate of drug-likeness (QED) is 0.872. The fourth-order valence-electron chi connectivity index (χ4n) is 2.10. The lowest BCUT2D eigenvalue weighted by molar-refractivity contribution is 0.0675. The van der Waals surface area contributed by atoms with Crippen LogP contribution in [0.1, 0.15) is 36.9 Å². The first-order valence-electron chi connectivity index (χ1n) is 6.27. The average Bonchev–Trinajstić information content (AvgIpc) is 2.78. The number of hydrogen-bond donors (Lipinski definition) is 1. The molecule has 1 aliphatic rings. The first kappa shape index (κ1) is 12.4. The summed E-state index contributed by atoms with van der Waals surface area (Å²) in [6.45, 7) is 5.53. The van der Waals surface area contributed by atoms with Gasteiger partial charge in [-0.2, -0.15) is 0 Å². The van der Waals surface area contributed by atoms with Crippen LogP contribution in [0.15, 0.2) is 18.2 Å². The van der Waals surface area contributed by atoms with Gasteiger partial charge in [-0.1, -0.05) is 12.1 Å². The Balaban J connectivity index is 2.04. The Hall–Kier alpha value is -1.06. The Kier molecular flexibility index (Phi) is 4.02. The zero-order chi connectivity index (χ0) is 12.3. The monoisotopic (exact) mass is 235 g/mol. The summed E-state index contributed by atoms with van der Waals surface area (Å²) in [5.74, 6) is 0.899. The fraction of sp³-hybridized carbons (Fsp3) is 0.571. The average molecular weight is 235 g/mol. The second-order valence-electron chi connectivity index (χ2n) is 4.78. The Morgan fingerprint density at radius 1 is 1.53 bits per heavy atom. The number of aryl methyl sites for hydroxylation is 1. The van der Waals surface area contributed by atoms with Crippen LogP contribution in [0.4, 0.5) is 0 Å². The van der Waals surface area contributed by atoms with Crippen LogP contribution in [0.25, 0.3) is 0 Å². The first-order valence-corrected chi connectivity index (χ1v) is 6.27. The molecule has 2 N–H and O–H groups in total. The van der Waals surface area contributed by atoms with Crippen molar-refractivity contribution in [3.05, 3.63) is 29.3 Å². The molecule has 1 heterocycles. The topological polar surface area (TPSA) is 44.5 Å². The Morgan fingerprint density at radius 2 is 2.35 bits per heavy atom. The molecule has 1 fully saturated rings. The highest BCUT2D eigenvalue weighted by Gasteiger charge is 2.17. The molecule has 3 nitrogen and oxygen atoms in total. The summed E-state index contributed by atoms with van der Waals surface area (Å²) in [5, 5.41) is 0. The van der Waals surface area contributed by atoms with E-state index < -0.39 is 0 Å². The van der Waals surface area contributed by atoms with Crippen LogP contribution >= 0.6 is 0 Å². The molecule has 0 radical (unpaired) electrons. The van der Waals surface area contributed by atoms with Crippen LogP contribution < -0.4 is 10.5 Å². The number of nitrogens with two attached hydrogens (primary N) is 1. The van der Waals surface area contributed by atoms with Gasteiger partial charge in [-0.05, 0) is 38.3 Å². The molecule has 0 bridgehead atoms. The van der Waals surface area contributed by atoms with Crippen molar-refractivity contribution in [1.29, 1.82) is 0 Å². The normalized spacial score (nSPS) is 21.5. The maximum Gasteiger partial charge on any atom is 0.124 e. The summed E-state index contributed by atoms with van der Waals surface area (Å²) in [6, 6.07) is 6.16. The number of ether oxygens (including phenoxy) is 2. The van der Waals surface area contributed by atoms with Gasteiger partial charge in [0.15, 0.2) is 0 Å². The molecule has 94 valence electrons. The van der Waals surface area contributed by atoms with Gasteiger partial charge in [0.1, 0.15) is 12.4 Å². The van der Waals surface area contributed by atoms with Crippen molar-refractivity contribution in [3.8, 4) is 5.75 Å². The van der Waals surface area contributed by atoms with E-state index in [1.807, 2.05) is 19.1 Å². The molecule has 0 saturated carbocycles. The summed E-state index contributed by atoms with van der Waals surface area (Å²) in [7, 11) is 0. The van der Waals surface area contributed by atoms with Gasteiger partial charge in [-0.15, -0.1) is 0 Å². The van der Waals surface area contributed by atoms with Gasteiger partial charge in [0.25, 0.3) is 0 Å². The van der Waals surface area contributed by atoms with Crippen molar-refractivity contribution in [2.24, 2.45) is 5.73 Å². The van der Waals surface area contributed by atoms with Crippen LogP contribution in [0.2, 0.25) is 0 Å². The highest BCUT2D eigenvalue weighted by Crippen LogP contribution is 2.26. The SMILES string of the molecule is Cc1ccc(C(C)N)c(OCC2CCCO2)c1. The largest absolute Gasteiger partial charge is 0.491 e. The lowest BCUT2D eigenvalue weighted by atomic mass is 10.1. The lowest BCUT2D eigenvalue weighted by Crippen LogP contribution is -2.18. The van der Waals surface area contributed by atoms with Crippen molar-refractivity contribution in [3.63, 3.8) is 0 Å². The molecule has 2 rings (SSSR count). The third-order valence-electron chi connectivity index (χ3n) is 3.11. The van der Waals surface area contributed by atoms with Gasteiger partial charge in [-0.25, -0.2) is 0 Å². The molecule has 1 aromatic carbocycles. The Labute approximate surface area is 103 Å². The maximum atomic E-state index is 5.94. The molecule has 1 aliphatic heterocycles. The number of rotatable bonds is 4. The Morgan fingerprint density at radius 3 is 3.00 bits per heavy atom. The third-order valence-corrected chi connectivity index (χ3v) is 3.11. The van der Waals surface area contributed by atoms with Crippen molar-refractivity contribution in [1.82, 2.24) is 0 Å². The van der Waals surface area contributed by atoms with Crippen LogP contribution in [0.3, 0.4) is 0 Å². The lowest BCUT2D eigenvalue weighted by Gasteiger charge is -2.17. The highest BCUT2D eigenvalue weighted by molar-refractivity contribution is 5.38. The van der Waals surface area contributed by atoms with E-state index in [2.05, 4.69) is 13.0 Å². The summed E-state index contributed by atoms with van der Waals surface area (Å²) in [6.07, 6.45) is 2.48. The van der Waals surface area contributed by atoms with E-state index in [0.29, 0.717) is 6.61 Å². The molecule has 0 spiro atoms. The van der Waals surface area contributed by atoms with E-state index in [1.165, 1.54) is 5.56 Å². The zero-order valence-corrected chi connectivity index (χ0v) is 10.6. The van der Waals surface area contributed by atoms with E-state index in [1.54, 1.807) is 0 Å². The fourth-order valence-corrected chi connectivity index (χ4v) is 2.10. The van der Waals surface area contributed by atoms with Crippen LogP contribution in [-0.2, 0) is 4.74 Å². The molecule has 2 unspecified atom stereocenters.